The number of aliphatic imine (C=N–C) groups is 1. The second-order valence-electron chi connectivity index (χ2n) is 6.85. The summed E-state index contributed by atoms with van der Waals surface area (Å²) in [5, 5.41) is 6.02. The molecule has 0 atom stereocenters. The van der Waals surface area contributed by atoms with Crippen LogP contribution in [0.1, 0.15) is 42.1 Å². The van der Waals surface area contributed by atoms with Crippen LogP contribution in [0.15, 0.2) is 29.3 Å². The lowest BCUT2D eigenvalue weighted by Gasteiger charge is -2.34. The SMILES string of the molecule is CCNC(=NCc1ccc(C(=O)NC)cc1)N1CCC(OCCCOC)CC1.I. The van der Waals surface area contributed by atoms with Crippen LogP contribution in [0.25, 0.3) is 0 Å². The monoisotopic (exact) mass is 518 g/mol. The number of amides is 1. The molecule has 0 aliphatic carbocycles. The van der Waals surface area contributed by atoms with Gasteiger partial charge in [0.15, 0.2) is 5.96 Å². The average Bonchev–Trinajstić information content (AvgIpc) is 2.74. The fourth-order valence-electron chi connectivity index (χ4n) is 3.19. The van der Waals surface area contributed by atoms with Crippen molar-refractivity contribution >= 4 is 35.8 Å². The van der Waals surface area contributed by atoms with Gasteiger partial charge in [-0.05, 0) is 43.9 Å². The first-order valence-corrected chi connectivity index (χ1v) is 10.1. The van der Waals surface area contributed by atoms with Crippen LogP contribution in [0.3, 0.4) is 0 Å². The van der Waals surface area contributed by atoms with E-state index in [4.69, 9.17) is 14.5 Å². The van der Waals surface area contributed by atoms with E-state index in [9.17, 15) is 4.79 Å². The van der Waals surface area contributed by atoms with Crippen molar-refractivity contribution in [2.24, 2.45) is 4.99 Å². The second-order valence-corrected chi connectivity index (χ2v) is 6.85. The van der Waals surface area contributed by atoms with Crippen LogP contribution in [0, 0.1) is 0 Å². The lowest BCUT2D eigenvalue weighted by molar-refractivity contribution is 0.00990. The summed E-state index contributed by atoms with van der Waals surface area (Å²) in [7, 11) is 3.35. The van der Waals surface area contributed by atoms with E-state index in [0.717, 1.165) is 63.6 Å². The maximum Gasteiger partial charge on any atom is 0.251 e. The maximum atomic E-state index is 11.6. The van der Waals surface area contributed by atoms with E-state index in [0.29, 0.717) is 18.2 Å². The molecule has 29 heavy (non-hydrogen) atoms. The highest BCUT2D eigenvalue weighted by Crippen LogP contribution is 2.15. The number of methoxy groups -OCH3 is 1. The molecule has 7 nitrogen and oxygen atoms in total. The van der Waals surface area contributed by atoms with Crippen molar-refractivity contribution in [2.45, 2.75) is 38.8 Å². The van der Waals surface area contributed by atoms with Crippen LogP contribution >= 0.6 is 24.0 Å². The number of likely N-dealkylation sites (tertiary alicyclic amines) is 1. The van der Waals surface area contributed by atoms with E-state index in [1.54, 1.807) is 14.2 Å². The third kappa shape index (κ3) is 8.88. The molecular formula is C21H35IN4O3. The van der Waals surface area contributed by atoms with Crippen molar-refractivity contribution in [1.82, 2.24) is 15.5 Å². The molecule has 1 aromatic rings. The summed E-state index contributed by atoms with van der Waals surface area (Å²) >= 11 is 0. The second kappa shape index (κ2) is 14.6. The first-order valence-electron chi connectivity index (χ1n) is 10.1. The Kier molecular flexibility index (Phi) is 12.9. The number of ether oxygens (including phenoxy) is 2. The molecular weight excluding hydrogens is 483 g/mol. The quantitative estimate of drug-likeness (QED) is 0.228. The number of carbonyl (C=O) groups is 1. The minimum absolute atomic E-state index is 0. The third-order valence-corrected chi connectivity index (χ3v) is 4.78. The lowest BCUT2D eigenvalue weighted by Crippen LogP contribution is -2.47. The van der Waals surface area contributed by atoms with Crippen LogP contribution < -0.4 is 10.6 Å². The van der Waals surface area contributed by atoms with Crippen molar-refractivity contribution in [2.75, 3.05) is 47.0 Å². The Balaban J connectivity index is 0.00000420. The molecule has 1 aliphatic heterocycles. The first kappa shape index (κ1) is 25.6. The van der Waals surface area contributed by atoms with Gasteiger partial charge in [-0.1, -0.05) is 12.1 Å². The molecule has 8 heteroatoms. The molecule has 1 aromatic carbocycles. The van der Waals surface area contributed by atoms with Gasteiger partial charge in [0.25, 0.3) is 5.91 Å². The van der Waals surface area contributed by atoms with Crippen molar-refractivity contribution in [3.63, 3.8) is 0 Å². The molecule has 0 unspecified atom stereocenters. The molecule has 2 rings (SSSR count). The van der Waals surface area contributed by atoms with E-state index in [1.807, 2.05) is 24.3 Å². The van der Waals surface area contributed by atoms with Crippen molar-refractivity contribution in [1.29, 1.82) is 0 Å². The summed E-state index contributed by atoms with van der Waals surface area (Å²) in [4.78, 5) is 18.7. The lowest BCUT2D eigenvalue weighted by atomic mass is 10.1. The zero-order chi connectivity index (χ0) is 20.2. The molecule has 0 bridgehead atoms. The smallest absolute Gasteiger partial charge is 0.251 e. The third-order valence-electron chi connectivity index (χ3n) is 4.78. The van der Waals surface area contributed by atoms with Crippen LogP contribution in [0.5, 0.6) is 0 Å². The average molecular weight is 518 g/mol. The predicted octanol–water partition coefficient (Wildman–Crippen LogP) is 2.65. The fraction of sp³-hybridized carbons (Fsp3) is 0.619. The van der Waals surface area contributed by atoms with Crippen LogP contribution in [-0.2, 0) is 16.0 Å². The molecule has 0 saturated carbocycles. The van der Waals surface area contributed by atoms with Crippen LogP contribution in [-0.4, -0.2) is 69.9 Å². The Morgan fingerprint density at radius 2 is 1.90 bits per heavy atom. The van der Waals surface area contributed by atoms with Gasteiger partial charge in [-0.15, -0.1) is 24.0 Å². The Labute approximate surface area is 191 Å². The van der Waals surface area contributed by atoms with Gasteiger partial charge in [0.1, 0.15) is 0 Å². The van der Waals surface area contributed by atoms with Gasteiger partial charge >= 0.3 is 0 Å². The number of nitrogens with zero attached hydrogens (tertiary/aromatic N) is 2. The molecule has 1 aliphatic rings. The highest BCUT2D eigenvalue weighted by molar-refractivity contribution is 14.0. The number of hydrogen-bond acceptors (Lipinski definition) is 4. The minimum Gasteiger partial charge on any atom is -0.385 e. The Bertz CT molecular complexity index is 617. The number of carbonyl (C=O) groups excluding carboxylic acids is 1. The molecule has 1 heterocycles. The van der Waals surface area contributed by atoms with Gasteiger partial charge in [-0.2, -0.15) is 0 Å². The molecule has 1 saturated heterocycles. The fourth-order valence-corrected chi connectivity index (χ4v) is 3.19. The Hall–Kier alpha value is -1.39. The Morgan fingerprint density at radius 1 is 1.21 bits per heavy atom. The first-order chi connectivity index (χ1) is 13.7. The molecule has 164 valence electrons. The van der Waals surface area contributed by atoms with Gasteiger partial charge in [-0.25, -0.2) is 4.99 Å². The summed E-state index contributed by atoms with van der Waals surface area (Å²) in [6.07, 6.45) is 3.30. The van der Waals surface area contributed by atoms with Crippen molar-refractivity contribution < 1.29 is 14.3 Å². The van der Waals surface area contributed by atoms with Crippen LogP contribution in [0.2, 0.25) is 0 Å². The van der Waals surface area contributed by atoms with Crippen molar-refractivity contribution in [3.8, 4) is 0 Å². The van der Waals surface area contributed by atoms with Gasteiger partial charge in [0, 0.05) is 52.6 Å². The normalized spacial score (nSPS) is 15.0. The van der Waals surface area contributed by atoms with Gasteiger partial charge in [0.05, 0.1) is 12.6 Å². The summed E-state index contributed by atoms with van der Waals surface area (Å²) in [6, 6.07) is 7.58. The molecule has 1 amide bonds. The molecule has 2 N–H and O–H groups in total. The van der Waals surface area contributed by atoms with Crippen molar-refractivity contribution in [3.05, 3.63) is 35.4 Å². The topological polar surface area (TPSA) is 75.2 Å². The number of piperidine rings is 1. The largest absolute Gasteiger partial charge is 0.385 e. The molecule has 0 aromatic heterocycles. The molecule has 0 spiro atoms. The number of halogens is 1. The molecule has 1 fully saturated rings. The van der Waals surface area contributed by atoms with E-state index >= 15 is 0 Å². The van der Waals surface area contributed by atoms with Gasteiger partial charge < -0.3 is 25.0 Å². The van der Waals surface area contributed by atoms with Gasteiger partial charge in [0.2, 0.25) is 0 Å². The maximum absolute atomic E-state index is 11.6. The van der Waals surface area contributed by atoms with Crippen LogP contribution in [0.4, 0.5) is 0 Å². The zero-order valence-corrected chi connectivity index (χ0v) is 20.1. The predicted molar refractivity (Wildman–Crippen MR) is 127 cm³/mol. The van der Waals surface area contributed by atoms with E-state index in [-0.39, 0.29) is 29.9 Å². The number of guanidine groups is 1. The number of nitrogens with one attached hydrogen (secondary N) is 2. The number of benzene rings is 1. The van der Waals surface area contributed by atoms with Gasteiger partial charge in [-0.3, -0.25) is 4.79 Å². The van der Waals surface area contributed by atoms with E-state index in [2.05, 4.69) is 22.5 Å². The number of hydrogen-bond donors (Lipinski definition) is 2. The number of rotatable bonds is 9. The minimum atomic E-state index is -0.0734. The Morgan fingerprint density at radius 3 is 2.48 bits per heavy atom. The zero-order valence-electron chi connectivity index (χ0n) is 17.8. The molecule has 0 radical (unpaired) electrons. The standard InChI is InChI=1S/C21H34N4O3.HI/c1-4-23-21(24-16-17-6-8-18(9-7-17)20(26)22-2)25-12-10-19(11-13-25)28-15-5-14-27-3;/h6-9,19H,4-5,10-16H2,1-3H3,(H,22,26)(H,23,24);1H. The summed E-state index contributed by atoms with van der Waals surface area (Å²) in [5.41, 5.74) is 1.74. The van der Waals surface area contributed by atoms with E-state index < -0.39 is 0 Å². The summed E-state index contributed by atoms with van der Waals surface area (Å²) in [6.45, 7) is 6.90. The summed E-state index contributed by atoms with van der Waals surface area (Å²) < 4.78 is 11.0. The highest BCUT2D eigenvalue weighted by Gasteiger charge is 2.21. The highest BCUT2D eigenvalue weighted by atomic mass is 127. The summed E-state index contributed by atoms with van der Waals surface area (Å²) in [5.74, 6) is 0.867. The van der Waals surface area contributed by atoms with E-state index in [1.165, 1.54) is 0 Å².